The molecule has 26 valence electrons. The van der Waals surface area contributed by atoms with Crippen molar-refractivity contribution in [1.82, 2.24) is 0 Å². The lowest BCUT2D eigenvalue weighted by Gasteiger charge is -1.33. The monoisotopic (exact) mass is 174 g/mol. The van der Waals surface area contributed by atoms with Crippen molar-refractivity contribution in [3.05, 3.63) is 0 Å². The zero-order valence-corrected chi connectivity index (χ0v) is 4.35. The quantitative estimate of drug-likeness (QED) is 0.402. The van der Waals surface area contributed by atoms with Gasteiger partial charge in [0.1, 0.15) is 0 Å². The first-order chi connectivity index (χ1) is 1.73. The van der Waals surface area contributed by atoms with E-state index in [1.54, 1.807) is 0 Å². The van der Waals surface area contributed by atoms with Gasteiger partial charge in [-0.2, -0.15) is 0 Å². The lowest BCUT2D eigenvalue weighted by atomic mass is 12.0. The van der Waals surface area contributed by atoms with Crippen LogP contribution in [0.25, 0.3) is 0 Å². The molecule has 3 heteroatoms. The maximum absolute atomic E-state index is 9.13. The van der Waals surface area contributed by atoms with Crippen LogP contribution in [-0.4, -0.2) is 4.93 Å². The maximum Gasteiger partial charge on any atom is 0.303 e. The van der Waals surface area contributed by atoms with Crippen LogP contribution >= 0.6 is 19.8 Å². The van der Waals surface area contributed by atoms with Gasteiger partial charge in [-0.15, -0.1) is 0 Å². The van der Waals surface area contributed by atoms with Gasteiger partial charge >= 0.3 is 19.8 Å². The molecule has 0 atom stereocenters. The highest BCUT2D eigenvalue weighted by Gasteiger charge is 1.54. The summed E-state index contributed by atoms with van der Waals surface area (Å²) in [5.41, 5.74) is 0. The van der Waals surface area contributed by atoms with Gasteiger partial charge in [-0.25, -0.2) is 6.14 Å². The normalized spacial score (nSPS) is 8.50. The van der Waals surface area contributed by atoms with Crippen molar-refractivity contribution in [2.24, 2.45) is 0 Å². The highest BCUT2D eigenvalue weighted by Crippen LogP contribution is 1.87. The molecular weight excluding hydrogens is 171 g/mol. The van der Waals surface area contributed by atoms with Crippen LogP contribution in [0.15, 0.2) is 0 Å². The topological polar surface area (TPSA) is 34.1 Å². The molecule has 0 N–H and O–H groups in total. The zero-order valence-electron chi connectivity index (χ0n) is 2.19. The molecule has 0 saturated carbocycles. The van der Waals surface area contributed by atoms with Crippen molar-refractivity contribution in [2.45, 2.75) is 0 Å². The molecule has 4 heavy (non-hydrogen) atoms. The Kier molecular flexibility index (Phi) is 1.76. The van der Waals surface area contributed by atoms with E-state index in [-0.39, 0.29) is 0 Å². The van der Waals surface area contributed by atoms with E-state index in [0.717, 1.165) is 0 Å². The second-order valence-electron chi connectivity index (χ2n) is 0.372. The van der Waals surface area contributed by atoms with Crippen molar-refractivity contribution < 1.29 is 6.14 Å². The Bertz CT molecular complexity index is 54.4. The molecule has 0 heterocycles. The van der Waals surface area contributed by atoms with Crippen LogP contribution in [-0.2, 0) is 6.14 Å². The Morgan fingerprint density at radius 2 is 1.50 bits per heavy atom. The van der Waals surface area contributed by atoms with Gasteiger partial charge in [0.2, 0.25) is 0 Å². The zero-order chi connectivity index (χ0) is 3.58. The summed E-state index contributed by atoms with van der Waals surface area (Å²) in [6.07, 6.45) is 0. The summed E-state index contributed by atoms with van der Waals surface area (Å²) < 4.78 is 18.3. The fourth-order valence-corrected chi connectivity index (χ4v) is 0. The fourth-order valence-electron chi connectivity index (χ4n) is 0. The van der Waals surface area contributed by atoms with Gasteiger partial charge in [-0.1, -0.05) is 0 Å². The minimum Gasteiger partial charge on any atom is -0.235 e. The van der Waals surface area contributed by atoms with E-state index in [9.17, 15) is 0 Å². The van der Waals surface area contributed by atoms with Crippen LogP contribution in [0.3, 0.4) is 0 Å². The third-order valence-electron chi connectivity index (χ3n) is 0. The van der Waals surface area contributed by atoms with Gasteiger partial charge in [0.15, 0.2) is 0 Å². The van der Waals surface area contributed by atoms with Crippen molar-refractivity contribution in [2.75, 3.05) is 4.93 Å². The highest BCUT2D eigenvalue weighted by atomic mass is 127. The van der Waals surface area contributed by atoms with Gasteiger partial charge in [0, 0.05) is 4.93 Å². The summed E-state index contributed by atoms with van der Waals surface area (Å²) in [5, 5.41) is 0. The van der Waals surface area contributed by atoms with Crippen molar-refractivity contribution in [1.29, 1.82) is 0 Å². The van der Waals surface area contributed by atoms with Crippen LogP contribution < -0.4 is 0 Å². The van der Waals surface area contributed by atoms with Gasteiger partial charge in [0.25, 0.3) is 0 Å². The molecule has 0 unspecified atom stereocenters. The fraction of sp³-hybridized carbons (Fsp3) is 1.00. The SMILES string of the molecule is CI(=O)=O. The summed E-state index contributed by atoms with van der Waals surface area (Å²) in [6.45, 7) is 0. The van der Waals surface area contributed by atoms with E-state index in [1.165, 1.54) is 4.93 Å². The Balaban J connectivity index is 3.51. The first-order valence-electron chi connectivity index (χ1n) is 0.687. The van der Waals surface area contributed by atoms with Crippen LogP contribution in [0.1, 0.15) is 0 Å². The number of rotatable bonds is 0. The summed E-state index contributed by atoms with van der Waals surface area (Å²) in [4.78, 5) is 1.21. The lowest BCUT2D eigenvalue weighted by molar-refractivity contribution is 0.610. The molecule has 0 spiro atoms. The third kappa shape index (κ3) is 37.8. The first-order valence-corrected chi connectivity index (χ1v) is 4.61. The van der Waals surface area contributed by atoms with Gasteiger partial charge in [0.05, 0.1) is 0 Å². The Morgan fingerprint density at radius 1 is 1.50 bits per heavy atom. The number of halogens is 1. The molecule has 0 saturated heterocycles. The van der Waals surface area contributed by atoms with E-state index in [4.69, 9.17) is 6.14 Å². The average molecular weight is 174 g/mol. The van der Waals surface area contributed by atoms with Gasteiger partial charge in [-0.05, 0) is 0 Å². The summed E-state index contributed by atoms with van der Waals surface area (Å²) in [7, 11) is 0. The van der Waals surface area contributed by atoms with E-state index in [2.05, 4.69) is 0 Å². The molecular formula is CH3IO2. The second kappa shape index (κ2) is 1.63. The van der Waals surface area contributed by atoms with E-state index < -0.39 is 19.8 Å². The van der Waals surface area contributed by atoms with Crippen LogP contribution in [0.4, 0.5) is 0 Å². The molecule has 0 aliphatic heterocycles. The molecule has 0 aromatic rings. The van der Waals surface area contributed by atoms with E-state index in [1.807, 2.05) is 0 Å². The summed E-state index contributed by atoms with van der Waals surface area (Å²) in [5.74, 6) is 0. The van der Waals surface area contributed by atoms with Crippen molar-refractivity contribution in [3.8, 4) is 0 Å². The Morgan fingerprint density at radius 3 is 1.50 bits per heavy atom. The molecule has 0 aromatic carbocycles. The molecule has 0 aliphatic rings. The third-order valence-corrected chi connectivity index (χ3v) is 0. The predicted octanol–water partition coefficient (Wildman–Crippen LogP) is 0.814. The summed E-state index contributed by atoms with van der Waals surface area (Å²) >= 11 is -2.76. The number of hydrogen-bond donors (Lipinski definition) is 0. The summed E-state index contributed by atoms with van der Waals surface area (Å²) in [6, 6.07) is 0. The minimum absolute atomic E-state index is 1.21. The van der Waals surface area contributed by atoms with Crippen LogP contribution in [0.2, 0.25) is 0 Å². The first kappa shape index (κ1) is 4.33. The van der Waals surface area contributed by atoms with E-state index >= 15 is 0 Å². The highest BCUT2D eigenvalue weighted by molar-refractivity contribution is 14.2. The maximum atomic E-state index is 9.13. The van der Waals surface area contributed by atoms with Crippen LogP contribution in [0.5, 0.6) is 0 Å². The largest absolute Gasteiger partial charge is 0.303 e. The smallest absolute Gasteiger partial charge is 0.235 e. The van der Waals surface area contributed by atoms with Gasteiger partial charge < -0.3 is 0 Å². The average Bonchev–Trinajstić information content (AvgIpc) is 0.811. The lowest BCUT2D eigenvalue weighted by Crippen LogP contribution is -1.15. The Labute approximate surface area is 31.4 Å². The van der Waals surface area contributed by atoms with Crippen molar-refractivity contribution in [3.63, 3.8) is 0 Å². The predicted molar refractivity (Wildman–Crippen MR) is 21.3 cm³/mol. The molecule has 0 aromatic heterocycles. The standard InChI is InChI=1S/CH3IO2/c1-2(3)4/h1H3. The van der Waals surface area contributed by atoms with Crippen molar-refractivity contribution >= 4 is 19.8 Å². The minimum atomic E-state index is -2.76. The van der Waals surface area contributed by atoms with Crippen LogP contribution in [0, 0.1) is 0 Å². The van der Waals surface area contributed by atoms with Gasteiger partial charge in [-0.3, -0.25) is 0 Å². The molecule has 2 nitrogen and oxygen atoms in total. The molecule has 0 aliphatic carbocycles. The molecule has 0 radical (unpaired) electrons. The molecule has 0 bridgehead atoms. The molecule has 0 fully saturated rings. The molecule has 0 rings (SSSR count). The number of hydrogen-bond acceptors (Lipinski definition) is 2. The molecule has 0 amide bonds. The Hall–Kier alpha value is 0.330. The number of alkyl halides is 1. The second-order valence-corrected chi connectivity index (χ2v) is 2.49. The van der Waals surface area contributed by atoms with E-state index in [0.29, 0.717) is 0 Å².